The number of nitrogens with zero attached hydrogens (tertiary/aromatic N) is 1. The molecule has 0 aliphatic rings. The largest absolute Gasteiger partial charge is 0.486 e. The lowest BCUT2D eigenvalue weighted by molar-refractivity contribution is -0.385. The van der Waals surface area contributed by atoms with Gasteiger partial charge in [-0.2, -0.15) is 0 Å². The maximum atomic E-state index is 11.0. The van der Waals surface area contributed by atoms with Gasteiger partial charge in [-0.3, -0.25) is 10.1 Å². The van der Waals surface area contributed by atoms with Gasteiger partial charge in [0, 0.05) is 17.8 Å². The molecule has 0 aliphatic heterocycles. The number of alkyl halides is 1. The highest BCUT2D eigenvalue weighted by Gasteiger charge is 2.15. The van der Waals surface area contributed by atoms with E-state index in [1.165, 1.54) is 6.07 Å². The number of ether oxygens (including phenoxy) is 1. The Morgan fingerprint density at radius 3 is 2.50 bits per heavy atom. The van der Waals surface area contributed by atoms with Crippen molar-refractivity contribution in [1.82, 2.24) is 0 Å². The smallest absolute Gasteiger partial charge is 0.311 e. The Balaban J connectivity index is 2.04. The number of hydrogen-bond donors (Lipinski definition) is 0. The highest BCUT2D eigenvalue weighted by molar-refractivity contribution is 9.08. The second-order valence-electron chi connectivity index (χ2n) is 4.28. The van der Waals surface area contributed by atoms with Crippen LogP contribution in [0.4, 0.5) is 5.69 Å². The van der Waals surface area contributed by atoms with Gasteiger partial charge in [0.2, 0.25) is 0 Å². The molecule has 5 heteroatoms. The van der Waals surface area contributed by atoms with Crippen molar-refractivity contribution >= 4 is 21.6 Å². The minimum Gasteiger partial charge on any atom is -0.486 e. The van der Waals surface area contributed by atoms with Crippen LogP contribution in [0.25, 0.3) is 0 Å². The Kier molecular flexibility index (Phi) is 5.12. The van der Waals surface area contributed by atoms with Crippen LogP contribution in [-0.2, 0) is 11.8 Å². The van der Waals surface area contributed by atoms with E-state index in [0.29, 0.717) is 17.7 Å². The van der Waals surface area contributed by atoms with Crippen LogP contribution in [0.1, 0.15) is 11.1 Å². The topological polar surface area (TPSA) is 52.4 Å². The number of halogens is 1. The first kappa shape index (κ1) is 14.5. The lowest BCUT2D eigenvalue weighted by atomic mass is 10.2. The van der Waals surface area contributed by atoms with Crippen LogP contribution < -0.4 is 4.74 Å². The van der Waals surface area contributed by atoms with E-state index in [9.17, 15) is 10.1 Å². The average Bonchev–Trinajstić information content (AvgIpc) is 2.48. The molecule has 0 radical (unpaired) electrons. The van der Waals surface area contributed by atoms with Gasteiger partial charge in [-0.1, -0.05) is 52.3 Å². The Hall–Kier alpha value is -1.88. The van der Waals surface area contributed by atoms with E-state index in [0.717, 1.165) is 17.5 Å². The van der Waals surface area contributed by atoms with Gasteiger partial charge in [-0.15, -0.1) is 0 Å². The van der Waals surface area contributed by atoms with Crippen LogP contribution in [0, 0.1) is 10.1 Å². The Bertz CT molecular complexity index is 587. The first-order valence-corrected chi connectivity index (χ1v) is 7.33. The molecule has 0 amide bonds. The van der Waals surface area contributed by atoms with Crippen molar-refractivity contribution in [2.24, 2.45) is 0 Å². The molecule has 0 aromatic heterocycles. The molecule has 0 fully saturated rings. The van der Waals surface area contributed by atoms with Crippen molar-refractivity contribution < 1.29 is 9.66 Å². The molecule has 0 saturated carbocycles. The van der Waals surface area contributed by atoms with Gasteiger partial charge in [-0.05, 0) is 17.2 Å². The average molecular weight is 336 g/mol. The second-order valence-corrected chi connectivity index (χ2v) is 4.84. The molecule has 0 spiro atoms. The van der Waals surface area contributed by atoms with E-state index in [-0.39, 0.29) is 5.69 Å². The fourth-order valence-corrected chi connectivity index (χ4v) is 2.18. The van der Waals surface area contributed by atoms with Gasteiger partial charge in [-0.25, -0.2) is 0 Å². The second kappa shape index (κ2) is 7.05. The number of hydrogen-bond acceptors (Lipinski definition) is 3. The third-order valence-corrected chi connectivity index (χ3v) is 3.51. The van der Waals surface area contributed by atoms with Crippen LogP contribution in [0.5, 0.6) is 5.75 Å². The van der Waals surface area contributed by atoms with Crippen molar-refractivity contribution in [2.75, 3.05) is 6.61 Å². The summed E-state index contributed by atoms with van der Waals surface area (Å²) in [6, 6.07) is 14.9. The number of nitro groups is 1. The lowest BCUT2D eigenvalue weighted by Gasteiger charge is -2.07. The summed E-state index contributed by atoms with van der Waals surface area (Å²) in [5.41, 5.74) is 2.01. The Labute approximate surface area is 125 Å². The highest BCUT2D eigenvalue weighted by Crippen LogP contribution is 2.28. The van der Waals surface area contributed by atoms with E-state index in [1.807, 2.05) is 36.4 Å². The van der Waals surface area contributed by atoms with Gasteiger partial charge in [0.15, 0.2) is 5.75 Å². The molecular weight excluding hydrogens is 322 g/mol. The van der Waals surface area contributed by atoms with Gasteiger partial charge in [0.05, 0.1) is 11.5 Å². The quantitative estimate of drug-likeness (QED) is 0.453. The summed E-state index contributed by atoms with van der Waals surface area (Å²) < 4.78 is 5.54. The van der Waals surface area contributed by atoms with Crippen molar-refractivity contribution in [3.8, 4) is 5.75 Å². The first-order chi connectivity index (χ1) is 9.70. The van der Waals surface area contributed by atoms with Crippen molar-refractivity contribution in [3.05, 3.63) is 69.8 Å². The molecule has 104 valence electrons. The number of benzene rings is 2. The summed E-state index contributed by atoms with van der Waals surface area (Å²) in [5.74, 6) is 0.315. The summed E-state index contributed by atoms with van der Waals surface area (Å²) in [5, 5.41) is 11.6. The summed E-state index contributed by atoms with van der Waals surface area (Å²) in [6.45, 7) is 0.415. The Morgan fingerprint density at radius 2 is 1.85 bits per heavy atom. The third-order valence-electron chi connectivity index (χ3n) is 2.87. The van der Waals surface area contributed by atoms with E-state index >= 15 is 0 Å². The van der Waals surface area contributed by atoms with Crippen LogP contribution in [0.15, 0.2) is 48.5 Å². The molecule has 0 heterocycles. The summed E-state index contributed by atoms with van der Waals surface area (Å²) in [4.78, 5) is 10.6. The zero-order valence-corrected chi connectivity index (χ0v) is 12.4. The maximum Gasteiger partial charge on any atom is 0.311 e. The Morgan fingerprint density at radius 1 is 1.10 bits per heavy atom. The van der Waals surface area contributed by atoms with Gasteiger partial charge >= 0.3 is 5.69 Å². The molecule has 0 saturated heterocycles. The molecule has 2 rings (SSSR count). The molecule has 2 aromatic carbocycles. The first-order valence-electron chi connectivity index (χ1n) is 6.20. The molecule has 0 unspecified atom stereocenters. The van der Waals surface area contributed by atoms with Crippen LogP contribution >= 0.6 is 15.9 Å². The van der Waals surface area contributed by atoms with E-state index in [1.54, 1.807) is 6.07 Å². The molecular formula is C15H14BrNO3. The molecule has 0 N–H and O–H groups in total. The van der Waals surface area contributed by atoms with E-state index < -0.39 is 4.92 Å². The highest BCUT2D eigenvalue weighted by atomic mass is 79.9. The number of rotatable bonds is 6. The van der Waals surface area contributed by atoms with Crippen molar-refractivity contribution in [1.29, 1.82) is 0 Å². The molecule has 0 aliphatic carbocycles. The van der Waals surface area contributed by atoms with Gasteiger partial charge < -0.3 is 4.74 Å². The molecule has 20 heavy (non-hydrogen) atoms. The van der Waals surface area contributed by atoms with Gasteiger partial charge in [0.1, 0.15) is 0 Å². The van der Waals surface area contributed by atoms with Crippen LogP contribution in [0.2, 0.25) is 0 Å². The summed E-state index contributed by atoms with van der Waals surface area (Å²) in [7, 11) is 0. The zero-order valence-electron chi connectivity index (χ0n) is 10.8. The molecule has 4 nitrogen and oxygen atoms in total. The summed E-state index contributed by atoms with van der Waals surface area (Å²) >= 11 is 3.29. The monoisotopic (exact) mass is 335 g/mol. The minimum absolute atomic E-state index is 0.00927. The lowest BCUT2D eigenvalue weighted by Crippen LogP contribution is -2.03. The van der Waals surface area contributed by atoms with Gasteiger partial charge in [0.25, 0.3) is 0 Å². The number of nitro benzene ring substituents is 1. The predicted molar refractivity (Wildman–Crippen MR) is 81.4 cm³/mol. The van der Waals surface area contributed by atoms with Crippen LogP contribution in [0.3, 0.4) is 0 Å². The molecule has 2 aromatic rings. The fraction of sp³-hybridized carbons (Fsp3) is 0.200. The maximum absolute atomic E-state index is 11.0. The predicted octanol–water partition coefficient (Wildman–Crippen LogP) is 4.11. The zero-order chi connectivity index (χ0) is 14.4. The molecule has 0 bridgehead atoms. The van der Waals surface area contributed by atoms with Crippen molar-refractivity contribution in [2.45, 2.75) is 11.8 Å². The minimum atomic E-state index is -0.413. The summed E-state index contributed by atoms with van der Waals surface area (Å²) in [6.07, 6.45) is 0.720. The normalized spacial score (nSPS) is 10.2. The molecule has 0 atom stereocenters. The van der Waals surface area contributed by atoms with E-state index in [4.69, 9.17) is 4.74 Å². The standard InChI is InChI=1S/C15H14BrNO3/c16-11-13-6-7-15(14(10-13)17(18)19)20-9-8-12-4-2-1-3-5-12/h1-7,10H,8-9,11H2. The third kappa shape index (κ3) is 3.81. The van der Waals surface area contributed by atoms with Crippen molar-refractivity contribution in [3.63, 3.8) is 0 Å². The van der Waals surface area contributed by atoms with Crippen LogP contribution in [-0.4, -0.2) is 11.5 Å². The SMILES string of the molecule is O=[N+]([O-])c1cc(CBr)ccc1OCCc1ccccc1. The van der Waals surface area contributed by atoms with E-state index in [2.05, 4.69) is 15.9 Å². The fourth-order valence-electron chi connectivity index (χ4n) is 1.83.